The van der Waals surface area contributed by atoms with Crippen molar-refractivity contribution in [2.24, 2.45) is 0 Å². The van der Waals surface area contributed by atoms with E-state index < -0.39 is 5.60 Å². The highest BCUT2D eigenvalue weighted by molar-refractivity contribution is 7.99. The fourth-order valence-corrected chi connectivity index (χ4v) is 3.90. The zero-order valence-electron chi connectivity index (χ0n) is 16.7. The monoisotopic (exact) mass is 409 g/mol. The van der Waals surface area contributed by atoms with Gasteiger partial charge in [-0.1, -0.05) is 30.0 Å². The molecule has 0 unspecified atom stereocenters. The molecule has 0 amide bonds. The summed E-state index contributed by atoms with van der Waals surface area (Å²) in [6.07, 6.45) is 0.663. The number of thioether (sulfide) groups is 1. The molecule has 150 valence electrons. The maximum Gasteiger partial charge on any atom is 0.326 e. The van der Waals surface area contributed by atoms with Crippen molar-refractivity contribution in [3.63, 3.8) is 0 Å². The van der Waals surface area contributed by atoms with Gasteiger partial charge in [-0.15, -0.1) is 0 Å². The normalized spacial score (nSPS) is 11.4. The van der Waals surface area contributed by atoms with Crippen LogP contribution in [0.15, 0.2) is 47.6 Å². The van der Waals surface area contributed by atoms with Crippen LogP contribution < -0.4 is 0 Å². The molecule has 0 aliphatic rings. The number of imidazole rings is 1. The van der Waals surface area contributed by atoms with Crippen LogP contribution in [0.3, 0.4) is 0 Å². The number of carbonyl (C=O) groups is 1. The second-order valence-corrected chi connectivity index (χ2v) is 8.67. The molecular formula is C22H23N3O3S. The van der Waals surface area contributed by atoms with Crippen LogP contribution in [0.25, 0.3) is 11.0 Å². The lowest BCUT2D eigenvalue weighted by Crippen LogP contribution is -2.26. The van der Waals surface area contributed by atoms with Crippen molar-refractivity contribution in [2.75, 3.05) is 5.75 Å². The third kappa shape index (κ3) is 5.30. The highest BCUT2D eigenvalue weighted by Crippen LogP contribution is 2.27. The van der Waals surface area contributed by atoms with E-state index in [2.05, 4.69) is 11.1 Å². The van der Waals surface area contributed by atoms with Crippen LogP contribution in [0.4, 0.5) is 0 Å². The number of aromatic hydroxyl groups is 1. The van der Waals surface area contributed by atoms with Gasteiger partial charge in [0.2, 0.25) is 0 Å². The van der Waals surface area contributed by atoms with Gasteiger partial charge in [-0.3, -0.25) is 4.79 Å². The van der Waals surface area contributed by atoms with Crippen molar-refractivity contribution in [3.8, 4) is 11.8 Å². The third-order valence-electron chi connectivity index (χ3n) is 4.14. The van der Waals surface area contributed by atoms with Crippen molar-refractivity contribution >= 4 is 28.8 Å². The number of hydrogen-bond donors (Lipinski definition) is 1. The minimum absolute atomic E-state index is 0.0403. The maximum atomic E-state index is 12.4. The summed E-state index contributed by atoms with van der Waals surface area (Å²) in [4.78, 5) is 17.0. The molecule has 0 atom stereocenters. The smallest absolute Gasteiger partial charge is 0.326 e. The molecule has 0 radical (unpaired) electrons. The lowest BCUT2D eigenvalue weighted by molar-refractivity contribution is -0.155. The van der Waals surface area contributed by atoms with Crippen LogP contribution in [-0.4, -0.2) is 32.0 Å². The van der Waals surface area contributed by atoms with E-state index in [-0.39, 0.29) is 18.3 Å². The Bertz CT molecular complexity index is 1080. The summed E-state index contributed by atoms with van der Waals surface area (Å²) >= 11 is 1.50. The Hall–Kier alpha value is -2.98. The number of rotatable bonds is 6. The molecule has 1 N–H and O–H groups in total. The van der Waals surface area contributed by atoms with Crippen molar-refractivity contribution in [2.45, 2.75) is 44.5 Å². The quantitative estimate of drug-likeness (QED) is 0.483. The van der Waals surface area contributed by atoms with Gasteiger partial charge in [0.15, 0.2) is 5.16 Å². The second kappa shape index (κ2) is 8.58. The van der Waals surface area contributed by atoms with Gasteiger partial charge in [0.05, 0.1) is 22.7 Å². The summed E-state index contributed by atoms with van der Waals surface area (Å²) in [7, 11) is 0. The van der Waals surface area contributed by atoms with E-state index >= 15 is 0 Å². The van der Waals surface area contributed by atoms with Crippen LogP contribution >= 0.6 is 11.8 Å². The maximum absolute atomic E-state index is 12.4. The molecule has 0 aliphatic carbocycles. The molecule has 7 heteroatoms. The Morgan fingerprint density at radius 1 is 1.28 bits per heavy atom. The molecule has 0 bridgehead atoms. The highest BCUT2D eigenvalue weighted by atomic mass is 32.2. The van der Waals surface area contributed by atoms with Gasteiger partial charge in [-0.05, 0) is 57.0 Å². The molecule has 3 rings (SSSR count). The number of aromatic nitrogens is 2. The van der Waals surface area contributed by atoms with E-state index in [1.54, 1.807) is 30.3 Å². The van der Waals surface area contributed by atoms with E-state index in [9.17, 15) is 9.90 Å². The Kier molecular flexibility index (Phi) is 6.14. The number of phenolic OH excluding ortho intramolecular Hbond substituents is 1. The lowest BCUT2D eigenvalue weighted by atomic mass is 10.1. The van der Waals surface area contributed by atoms with E-state index in [0.29, 0.717) is 28.4 Å². The van der Waals surface area contributed by atoms with Crippen molar-refractivity contribution < 1.29 is 14.6 Å². The summed E-state index contributed by atoms with van der Waals surface area (Å²) in [5.74, 6) is 0.609. The molecule has 2 aromatic carbocycles. The fraction of sp³-hybridized carbons (Fsp3) is 0.318. The molecule has 0 fully saturated rings. The molecule has 6 nitrogen and oxygen atoms in total. The van der Waals surface area contributed by atoms with Gasteiger partial charge in [0.1, 0.15) is 17.9 Å². The number of nitrogens with zero attached hydrogens (tertiary/aromatic N) is 3. The molecule has 0 spiro atoms. The minimum atomic E-state index is -0.570. The summed E-state index contributed by atoms with van der Waals surface area (Å²) in [6, 6.07) is 14.6. The first kappa shape index (κ1) is 20.7. The fourth-order valence-electron chi connectivity index (χ4n) is 2.92. The first-order chi connectivity index (χ1) is 13.8. The number of para-hydroxylation sites is 1. The van der Waals surface area contributed by atoms with Crippen LogP contribution in [-0.2, 0) is 22.5 Å². The molecule has 0 aliphatic heterocycles. The highest BCUT2D eigenvalue weighted by Gasteiger charge is 2.20. The van der Waals surface area contributed by atoms with Gasteiger partial charge >= 0.3 is 5.97 Å². The topological polar surface area (TPSA) is 88.1 Å². The Morgan fingerprint density at radius 3 is 2.72 bits per heavy atom. The number of nitriles is 1. The van der Waals surface area contributed by atoms with E-state index in [0.717, 1.165) is 11.1 Å². The number of carbonyl (C=O) groups excluding carboxylic acids is 1. The SMILES string of the molecule is CC(C)(C)OC(=O)Cn1c(SCCc2ccccc2O)nc2cc(C#N)ccc21. The Morgan fingerprint density at radius 2 is 2.03 bits per heavy atom. The summed E-state index contributed by atoms with van der Waals surface area (Å²) < 4.78 is 7.29. The van der Waals surface area contributed by atoms with Gasteiger partial charge < -0.3 is 14.4 Å². The number of fused-ring (bicyclic) bond motifs is 1. The predicted molar refractivity (Wildman–Crippen MR) is 113 cm³/mol. The van der Waals surface area contributed by atoms with Crippen LogP contribution in [0.5, 0.6) is 5.75 Å². The first-order valence-corrected chi connectivity index (χ1v) is 10.3. The predicted octanol–water partition coefficient (Wildman–Crippen LogP) is 4.29. The average Bonchev–Trinajstić information content (AvgIpc) is 2.98. The number of hydrogen-bond acceptors (Lipinski definition) is 6. The van der Waals surface area contributed by atoms with Crippen LogP contribution in [0.2, 0.25) is 0 Å². The average molecular weight is 410 g/mol. The molecule has 0 saturated heterocycles. The number of ether oxygens (including phenoxy) is 1. The molecule has 1 heterocycles. The second-order valence-electron chi connectivity index (χ2n) is 7.61. The number of benzene rings is 2. The third-order valence-corrected chi connectivity index (χ3v) is 5.12. The van der Waals surface area contributed by atoms with E-state index in [1.165, 1.54) is 11.8 Å². The molecule has 0 saturated carbocycles. The number of phenols is 1. The standard InChI is InChI=1S/C22H23N3O3S/c1-22(2,3)28-20(27)14-25-18-9-8-15(13-23)12-17(18)24-21(25)29-11-10-16-6-4-5-7-19(16)26/h4-9,12,26H,10-11,14H2,1-3H3. The van der Waals surface area contributed by atoms with Crippen LogP contribution in [0, 0.1) is 11.3 Å². The number of aryl methyl sites for hydroxylation is 1. The van der Waals surface area contributed by atoms with Crippen molar-refractivity contribution in [1.82, 2.24) is 9.55 Å². The van der Waals surface area contributed by atoms with Gasteiger partial charge in [-0.2, -0.15) is 5.26 Å². The van der Waals surface area contributed by atoms with E-state index in [4.69, 9.17) is 10.00 Å². The molecular weight excluding hydrogens is 386 g/mol. The lowest BCUT2D eigenvalue weighted by Gasteiger charge is -2.20. The first-order valence-electron chi connectivity index (χ1n) is 9.29. The minimum Gasteiger partial charge on any atom is -0.508 e. The van der Waals surface area contributed by atoms with Gasteiger partial charge in [0, 0.05) is 5.75 Å². The van der Waals surface area contributed by atoms with Crippen molar-refractivity contribution in [1.29, 1.82) is 5.26 Å². The Balaban J connectivity index is 1.85. The zero-order chi connectivity index (χ0) is 21.0. The summed E-state index contributed by atoms with van der Waals surface area (Å²) in [5, 5.41) is 19.8. The zero-order valence-corrected chi connectivity index (χ0v) is 17.5. The summed E-state index contributed by atoms with van der Waals surface area (Å²) in [5.41, 5.74) is 2.25. The van der Waals surface area contributed by atoms with Gasteiger partial charge in [0.25, 0.3) is 0 Å². The Labute approximate surface area is 174 Å². The molecule has 3 aromatic rings. The largest absolute Gasteiger partial charge is 0.508 e. The van der Waals surface area contributed by atoms with Gasteiger partial charge in [-0.25, -0.2) is 4.98 Å². The molecule has 1 aromatic heterocycles. The van der Waals surface area contributed by atoms with E-state index in [1.807, 2.05) is 37.5 Å². The molecule has 29 heavy (non-hydrogen) atoms. The van der Waals surface area contributed by atoms with Crippen LogP contribution in [0.1, 0.15) is 31.9 Å². The van der Waals surface area contributed by atoms with Crippen molar-refractivity contribution in [3.05, 3.63) is 53.6 Å². The number of esters is 1. The summed E-state index contributed by atoms with van der Waals surface area (Å²) in [6.45, 7) is 5.53.